The van der Waals surface area contributed by atoms with Crippen LogP contribution in [-0.4, -0.2) is 32.9 Å². The van der Waals surface area contributed by atoms with Gasteiger partial charge in [-0.1, -0.05) is 29.8 Å². The number of aromatic carboxylic acids is 2. The van der Waals surface area contributed by atoms with Crippen LogP contribution in [0.5, 0.6) is 0 Å². The van der Waals surface area contributed by atoms with E-state index in [-0.39, 0.29) is 38.9 Å². The van der Waals surface area contributed by atoms with Crippen LogP contribution in [0.3, 0.4) is 0 Å². The predicted octanol–water partition coefficient (Wildman–Crippen LogP) is 3.50. The van der Waals surface area contributed by atoms with Crippen molar-refractivity contribution in [3.63, 3.8) is 0 Å². The number of nitrogens with zero attached hydrogens (tertiary/aromatic N) is 1. The summed E-state index contributed by atoms with van der Waals surface area (Å²) in [4.78, 5) is 40.4. The van der Waals surface area contributed by atoms with Gasteiger partial charge < -0.3 is 10.2 Å². The Bertz CT molecular complexity index is 1140. The second-order valence-electron chi connectivity index (χ2n) is 5.54. The molecule has 0 unspecified atom stereocenters. The summed E-state index contributed by atoms with van der Waals surface area (Å²) in [6.45, 7) is 0. The Balaban J connectivity index is 2.21. The van der Waals surface area contributed by atoms with Crippen molar-refractivity contribution in [3.8, 4) is 11.3 Å². The van der Waals surface area contributed by atoms with E-state index in [4.69, 9.17) is 11.6 Å². The molecule has 0 spiro atoms. The Morgan fingerprint density at radius 1 is 1.00 bits per heavy atom. The highest BCUT2D eigenvalue weighted by Gasteiger charge is 2.35. The third-order valence-electron chi connectivity index (χ3n) is 4.17. The lowest BCUT2D eigenvalue weighted by atomic mass is 9.98. The molecular formula is C18H8ClNO5. The zero-order chi connectivity index (χ0) is 17.9. The van der Waals surface area contributed by atoms with Crippen molar-refractivity contribution in [3.05, 3.63) is 63.7 Å². The zero-order valence-corrected chi connectivity index (χ0v) is 13.2. The number of carbonyl (C=O) groups excluding carboxylic acids is 1. The van der Waals surface area contributed by atoms with E-state index in [0.717, 1.165) is 0 Å². The van der Waals surface area contributed by atoms with E-state index in [1.165, 1.54) is 24.3 Å². The number of fused-ring (bicyclic) bond motifs is 4. The van der Waals surface area contributed by atoms with Gasteiger partial charge in [-0.3, -0.25) is 4.79 Å². The molecule has 0 fully saturated rings. The first-order valence-corrected chi connectivity index (χ1v) is 7.56. The summed E-state index contributed by atoms with van der Waals surface area (Å²) in [5, 5.41) is 19.5. The highest BCUT2D eigenvalue weighted by atomic mass is 35.5. The van der Waals surface area contributed by atoms with Crippen molar-refractivity contribution >= 4 is 40.2 Å². The number of para-hydroxylation sites is 1. The molecule has 1 heterocycles. The van der Waals surface area contributed by atoms with Crippen LogP contribution in [0.15, 0.2) is 36.4 Å². The van der Waals surface area contributed by atoms with E-state index in [1.807, 2.05) is 0 Å². The van der Waals surface area contributed by atoms with Gasteiger partial charge in [-0.2, -0.15) is 0 Å². The van der Waals surface area contributed by atoms with Crippen LogP contribution in [0.4, 0.5) is 0 Å². The van der Waals surface area contributed by atoms with E-state index < -0.39 is 17.7 Å². The van der Waals surface area contributed by atoms with Crippen LogP contribution in [-0.2, 0) is 0 Å². The zero-order valence-electron chi connectivity index (χ0n) is 12.4. The molecule has 0 saturated heterocycles. The molecule has 0 radical (unpaired) electrons. The number of benzene rings is 2. The highest BCUT2D eigenvalue weighted by molar-refractivity contribution is 6.33. The SMILES string of the molecule is O=C1c2cc(Cl)ccc2-c2nc3c(C(=O)O)cccc3c(C(=O)O)c21. The number of hydrogen-bond donors (Lipinski definition) is 2. The van der Waals surface area contributed by atoms with Crippen molar-refractivity contribution in [2.45, 2.75) is 0 Å². The fourth-order valence-corrected chi connectivity index (χ4v) is 3.31. The minimum Gasteiger partial charge on any atom is -0.478 e. The maximum Gasteiger partial charge on any atom is 0.337 e. The maximum absolute atomic E-state index is 12.7. The Morgan fingerprint density at radius 2 is 1.76 bits per heavy atom. The van der Waals surface area contributed by atoms with Crippen LogP contribution in [0.1, 0.15) is 36.6 Å². The molecule has 2 N–H and O–H groups in total. The van der Waals surface area contributed by atoms with Gasteiger partial charge in [-0.25, -0.2) is 14.6 Å². The van der Waals surface area contributed by atoms with Crippen molar-refractivity contribution in [1.82, 2.24) is 4.98 Å². The fraction of sp³-hybridized carbons (Fsp3) is 0. The third kappa shape index (κ3) is 2.04. The Labute approximate surface area is 145 Å². The van der Waals surface area contributed by atoms with Crippen LogP contribution in [0, 0.1) is 0 Å². The summed E-state index contributed by atoms with van der Waals surface area (Å²) in [6.07, 6.45) is 0. The molecule has 0 aliphatic heterocycles. The van der Waals surface area contributed by atoms with Gasteiger partial charge in [-0.05, 0) is 18.2 Å². The molecule has 3 aromatic rings. The number of hydrogen-bond acceptors (Lipinski definition) is 4. The van der Waals surface area contributed by atoms with E-state index in [1.54, 1.807) is 12.1 Å². The molecule has 0 atom stereocenters. The minimum absolute atomic E-state index is 0.0294. The first kappa shape index (κ1) is 15.3. The van der Waals surface area contributed by atoms with E-state index >= 15 is 0 Å². The average molecular weight is 354 g/mol. The topological polar surface area (TPSA) is 105 Å². The Hall–Kier alpha value is -3.25. The summed E-state index contributed by atoms with van der Waals surface area (Å²) < 4.78 is 0. The van der Waals surface area contributed by atoms with Gasteiger partial charge in [0.25, 0.3) is 0 Å². The number of carbonyl (C=O) groups is 3. The van der Waals surface area contributed by atoms with Crippen LogP contribution in [0.25, 0.3) is 22.2 Å². The summed E-state index contributed by atoms with van der Waals surface area (Å²) in [5.41, 5.74) is 0.466. The smallest absolute Gasteiger partial charge is 0.337 e. The predicted molar refractivity (Wildman–Crippen MR) is 89.5 cm³/mol. The van der Waals surface area contributed by atoms with E-state index in [2.05, 4.69) is 4.98 Å². The molecule has 122 valence electrons. The van der Waals surface area contributed by atoms with Crippen molar-refractivity contribution < 1.29 is 24.6 Å². The first-order chi connectivity index (χ1) is 11.9. The first-order valence-electron chi connectivity index (χ1n) is 7.18. The molecule has 2 aromatic carbocycles. The van der Waals surface area contributed by atoms with E-state index in [9.17, 15) is 24.6 Å². The van der Waals surface area contributed by atoms with Gasteiger partial charge in [0.2, 0.25) is 0 Å². The number of carboxylic acids is 2. The lowest BCUT2D eigenvalue weighted by Gasteiger charge is -2.10. The summed E-state index contributed by atoms with van der Waals surface area (Å²) in [5.74, 6) is -3.03. The molecule has 0 bridgehead atoms. The number of aromatic nitrogens is 1. The number of rotatable bonds is 2. The molecule has 1 aliphatic rings. The molecule has 1 aliphatic carbocycles. The molecule has 6 nitrogen and oxygen atoms in total. The number of halogens is 1. The molecule has 1 aromatic heterocycles. The Kier molecular flexibility index (Phi) is 3.13. The van der Waals surface area contributed by atoms with Gasteiger partial charge >= 0.3 is 11.9 Å². The lowest BCUT2D eigenvalue weighted by molar-refractivity contribution is 0.0685. The van der Waals surface area contributed by atoms with E-state index in [0.29, 0.717) is 10.6 Å². The monoisotopic (exact) mass is 353 g/mol. The highest BCUT2D eigenvalue weighted by Crippen LogP contribution is 2.41. The Morgan fingerprint density at radius 3 is 2.44 bits per heavy atom. The number of ketones is 1. The lowest BCUT2D eigenvalue weighted by Crippen LogP contribution is -2.10. The van der Waals surface area contributed by atoms with Crippen LogP contribution < -0.4 is 0 Å². The molecule has 7 heteroatoms. The van der Waals surface area contributed by atoms with Gasteiger partial charge in [0.05, 0.1) is 27.9 Å². The van der Waals surface area contributed by atoms with Crippen molar-refractivity contribution in [2.24, 2.45) is 0 Å². The number of carboxylic acid groups (broad SMARTS) is 2. The van der Waals surface area contributed by atoms with Gasteiger partial charge in [0.15, 0.2) is 5.78 Å². The quantitative estimate of drug-likeness (QED) is 0.571. The summed E-state index contributed by atoms with van der Waals surface area (Å²) in [6, 6.07) is 8.81. The van der Waals surface area contributed by atoms with Crippen molar-refractivity contribution in [1.29, 1.82) is 0 Å². The second kappa shape index (κ2) is 5.12. The minimum atomic E-state index is -1.32. The summed E-state index contributed by atoms with van der Waals surface area (Å²) >= 11 is 5.94. The number of pyridine rings is 1. The maximum atomic E-state index is 12.7. The molecule has 4 rings (SSSR count). The molecule has 0 saturated carbocycles. The van der Waals surface area contributed by atoms with Crippen LogP contribution in [0.2, 0.25) is 5.02 Å². The van der Waals surface area contributed by atoms with Crippen LogP contribution >= 0.6 is 11.6 Å². The fourth-order valence-electron chi connectivity index (χ4n) is 3.14. The van der Waals surface area contributed by atoms with Gasteiger partial charge in [0.1, 0.15) is 0 Å². The normalized spacial score (nSPS) is 12.1. The van der Waals surface area contributed by atoms with Gasteiger partial charge in [0, 0.05) is 21.5 Å². The molecular weight excluding hydrogens is 346 g/mol. The van der Waals surface area contributed by atoms with Gasteiger partial charge in [-0.15, -0.1) is 0 Å². The average Bonchev–Trinajstić information content (AvgIpc) is 2.84. The largest absolute Gasteiger partial charge is 0.478 e. The molecule has 0 amide bonds. The summed E-state index contributed by atoms with van der Waals surface area (Å²) in [7, 11) is 0. The standard InChI is InChI=1S/C18H8ClNO5/c19-7-4-5-8-11(6-7)16(21)13-12(18(24)25)9-2-1-3-10(17(22)23)14(9)20-15(8)13/h1-6H,(H,22,23)(H,24,25). The molecule has 25 heavy (non-hydrogen) atoms. The van der Waals surface area contributed by atoms with Crippen molar-refractivity contribution in [2.75, 3.05) is 0 Å². The second-order valence-corrected chi connectivity index (χ2v) is 5.98. The third-order valence-corrected chi connectivity index (χ3v) is 4.40.